The quantitative estimate of drug-likeness (QED) is 0.814. The summed E-state index contributed by atoms with van der Waals surface area (Å²) in [6, 6.07) is 2.22. The van der Waals surface area contributed by atoms with Crippen LogP contribution in [-0.4, -0.2) is 49.7 Å². The molecule has 1 aromatic heterocycles. The average Bonchev–Trinajstić information content (AvgIpc) is 2.83. The van der Waals surface area contributed by atoms with Crippen LogP contribution in [0, 0.1) is 11.7 Å². The first-order valence-electron chi connectivity index (χ1n) is 7.80. The number of hydrogen-bond acceptors (Lipinski definition) is 4. The Hall–Kier alpha value is -1.20. The summed E-state index contributed by atoms with van der Waals surface area (Å²) in [5.41, 5.74) is 0.703. The maximum atomic E-state index is 14.6. The first-order valence-corrected chi connectivity index (χ1v) is 7.80. The lowest BCUT2D eigenvalue weighted by Gasteiger charge is -2.23. The van der Waals surface area contributed by atoms with Gasteiger partial charge in [0.1, 0.15) is 0 Å². The van der Waals surface area contributed by atoms with Gasteiger partial charge in [0.15, 0.2) is 11.6 Å². The fourth-order valence-corrected chi connectivity index (χ4v) is 3.02. The molecule has 1 saturated heterocycles. The molecule has 1 aliphatic heterocycles. The van der Waals surface area contributed by atoms with E-state index in [1.165, 1.54) is 0 Å². The summed E-state index contributed by atoms with van der Waals surface area (Å²) in [4.78, 5) is 8.58. The molecule has 0 aliphatic carbocycles. The maximum Gasteiger partial charge on any atom is 0.170 e. The Morgan fingerprint density at radius 2 is 2.19 bits per heavy atom. The van der Waals surface area contributed by atoms with Crippen LogP contribution in [0.5, 0.6) is 0 Å². The molecule has 118 valence electrons. The van der Waals surface area contributed by atoms with Crippen LogP contribution in [0.2, 0.25) is 0 Å². The smallest absolute Gasteiger partial charge is 0.170 e. The Balaban J connectivity index is 2.12. The normalized spacial score (nSPS) is 22.3. The number of pyridine rings is 1. The minimum Gasteiger partial charge on any atom is -0.352 e. The van der Waals surface area contributed by atoms with E-state index in [2.05, 4.69) is 48.0 Å². The molecule has 1 fully saturated rings. The van der Waals surface area contributed by atoms with Crippen molar-refractivity contribution in [2.75, 3.05) is 38.6 Å². The Bertz CT molecular complexity index is 464. The van der Waals surface area contributed by atoms with Crippen molar-refractivity contribution in [1.29, 1.82) is 0 Å². The summed E-state index contributed by atoms with van der Waals surface area (Å²) >= 11 is 0. The second kappa shape index (κ2) is 7.18. The molecule has 1 N–H and O–H groups in total. The molecule has 0 radical (unpaired) electrons. The van der Waals surface area contributed by atoms with Crippen LogP contribution in [0.4, 0.5) is 10.2 Å². The van der Waals surface area contributed by atoms with Crippen LogP contribution in [0.15, 0.2) is 12.3 Å². The summed E-state index contributed by atoms with van der Waals surface area (Å²) in [5.74, 6) is 0.845. The molecule has 2 heterocycles. The second-order valence-electron chi connectivity index (χ2n) is 6.20. The maximum absolute atomic E-state index is 14.6. The number of rotatable bonds is 6. The van der Waals surface area contributed by atoms with Crippen molar-refractivity contribution in [1.82, 2.24) is 15.2 Å². The molecule has 0 spiro atoms. The molecule has 0 aromatic carbocycles. The van der Waals surface area contributed by atoms with E-state index >= 15 is 0 Å². The Labute approximate surface area is 127 Å². The third-order valence-corrected chi connectivity index (χ3v) is 4.23. The van der Waals surface area contributed by atoms with E-state index in [1.54, 1.807) is 12.3 Å². The van der Waals surface area contributed by atoms with Crippen molar-refractivity contribution in [3.8, 4) is 0 Å². The van der Waals surface area contributed by atoms with Gasteiger partial charge in [-0.25, -0.2) is 9.37 Å². The first-order chi connectivity index (χ1) is 10.0. The number of likely N-dealkylation sites (N-methyl/N-ethyl adjacent to an activating group) is 1. The zero-order chi connectivity index (χ0) is 15.4. The molecule has 2 rings (SSSR count). The van der Waals surface area contributed by atoms with Gasteiger partial charge in [-0.15, -0.1) is 0 Å². The molecule has 1 aromatic rings. The molecule has 5 heteroatoms. The van der Waals surface area contributed by atoms with Crippen LogP contribution in [0.1, 0.15) is 25.8 Å². The summed E-state index contributed by atoms with van der Waals surface area (Å²) in [7, 11) is 4.17. The van der Waals surface area contributed by atoms with Gasteiger partial charge in [-0.2, -0.15) is 0 Å². The summed E-state index contributed by atoms with van der Waals surface area (Å²) < 4.78 is 14.6. The van der Waals surface area contributed by atoms with E-state index in [1.807, 2.05) is 0 Å². The van der Waals surface area contributed by atoms with Gasteiger partial charge in [-0.05, 0) is 39.0 Å². The van der Waals surface area contributed by atoms with Crippen molar-refractivity contribution >= 4 is 5.82 Å². The zero-order valence-corrected chi connectivity index (χ0v) is 13.6. The minimum absolute atomic E-state index is 0.173. The van der Waals surface area contributed by atoms with Gasteiger partial charge < -0.3 is 15.1 Å². The van der Waals surface area contributed by atoms with Crippen LogP contribution >= 0.6 is 0 Å². The standard InChI is InChI=1S/C16H27FN4/c1-5-7-18-9-13-6-8-19-16(15(13)17)21-10-12(2)14(11-21)20(3)4/h6,8,12,14,18H,5,7,9-11H2,1-4H3. The SMILES string of the molecule is CCCNCc1ccnc(N2CC(C)C(N(C)C)C2)c1F. The number of nitrogens with zero attached hydrogens (tertiary/aromatic N) is 3. The largest absolute Gasteiger partial charge is 0.352 e. The minimum atomic E-state index is -0.173. The van der Waals surface area contributed by atoms with Crippen LogP contribution < -0.4 is 10.2 Å². The van der Waals surface area contributed by atoms with Crippen molar-refractivity contribution in [2.45, 2.75) is 32.9 Å². The van der Waals surface area contributed by atoms with Gasteiger partial charge in [-0.1, -0.05) is 13.8 Å². The molecule has 0 saturated carbocycles. The number of halogens is 1. The first kappa shape index (κ1) is 16.2. The van der Waals surface area contributed by atoms with E-state index < -0.39 is 0 Å². The number of aromatic nitrogens is 1. The molecule has 21 heavy (non-hydrogen) atoms. The highest BCUT2D eigenvalue weighted by molar-refractivity contribution is 5.44. The summed E-state index contributed by atoms with van der Waals surface area (Å²) in [5, 5.41) is 3.25. The highest BCUT2D eigenvalue weighted by Gasteiger charge is 2.33. The molecule has 2 unspecified atom stereocenters. The molecule has 1 aliphatic rings. The fourth-order valence-electron chi connectivity index (χ4n) is 3.02. The third-order valence-electron chi connectivity index (χ3n) is 4.23. The van der Waals surface area contributed by atoms with Gasteiger partial charge in [-0.3, -0.25) is 0 Å². The molecule has 0 bridgehead atoms. The van der Waals surface area contributed by atoms with E-state index in [-0.39, 0.29) is 5.82 Å². The third kappa shape index (κ3) is 3.71. The Kier molecular flexibility index (Phi) is 5.53. The van der Waals surface area contributed by atoms with E-state index in [0.717, 1.165) is 26.1 Å². The second-order valence-corrected chi connectivity index (χ2v) is 6.20. The molecular weight excluding hydrogens is 267 g/mol. The number of nitrogens with one attached hydrogen (secondary N) is 1. The van der Waals surface area contributed by atoms with Crippen LogP contribution in [0.25, 0.3) is 0 Å². The van der Waals surface area contributed by atoms with Gasteiger partial charge in [0, 0.05) is 37.4 Å². The van der Waals surface area contributed by atoms with E-state index in [4.69, 9.17) is 0 Å². The Morgan fingerprint density at radius 3 is 2.81 bits per heavy atom. The van der Waals surface area contributed by atoms with Crippen molar-refractivity contribution in [2.24, 2.45) is 5.92 Å². The van der Waals surface area contributed by atoms with Gasteiger partial charge in [0.25, 0.3) is 0 Å². The molecule has 2 atom stereocenters. The molecule has 4 nitrogen and oxygen atoms in total. The summed E-state index contributed by atoms with van der Waals surface area (Å²) in [6.45, 7) is 7.49. The Morgan fingerprint density at radius 1 is 1.43 bits per heavy atom. The topological polar surface area (TPSA) is 31.4 Å². The van der Waals surface area contributed by atoms with Gasteiger partial charge in [0.2, 0.25) is 0 Å². The monoisotopic (exact) mass is 294 g/mol. The lowest BCUT2D eigenvalue weighted by atomic mass is 10.1. The van der Waals surface area contributed by atoms with Crippen LogP contribution in [0.3, 0.4) is 0 Å². The fraction of sp³-hybridized carbons (Fsp3) is 0.688. The number of anilines is 1. The lowest BCUT2D eigenvalue weighted by Crippen LogP contribution is -2.34. The van der Waals surface area contributed by atoms with Crippen molar-refractivity contribution in [3.05, 3.63) is 23.6 Å². The summed E-state index contributed by atoms with van der Waals surface area (Å²) in [6.07, 6.45) is 2.77. The molecular formula is C16H27FN4. The van der Waals surface area contributed by atoms with Crippen molar-refractivity contribution in [3.63, 3.8) is 0 Å². The lowest BCUT2D eigenvalue weighted by molar-refractivity contribution is 0.266. The highest BCUT2D eigenvalue weighted by Crippen LogP contribution is 2.27. The van der Waals surface area contributed by atoms with Gasteiger partial charge >= 0.3 is 0 Å². The van der Waals surface area contributed by atoms with E-state index in [0.29, 0.717) is 29.9 Å². The molecule has 0 amide bonds. The predicted molar refractivity (Wildman–Crippen MR) is 85.0 cm³/mol. The zero-order valence-electron chi connectivity index (χ0n) is 13.6. The average molecular weight is 294 g/mol. The van der Waals surface area contributed by atoms with E-state index in [9.17, 15) is 4.39 Å². The van der Waals surface area contributed by atoms with Crippen LogP contribution in [-0.2, 0) is 6.54 Å². The number of hydrogen-bond donors (Lipinski definition) is 1. The highest BCUT2D eigenvalue weighted by atomic mass is 19.1. The predicted octanol–water partition coefficient (Wildman–Crippen LogP) is 2.11. The van der Waals surface area contributed by atoms with Gasteiger partial charge in [0.05, 0.1) is 0 Å². The van der Waals surface area contributed by atoms with Crippen molar-refractivity contribution < 1.29 is 4.39 Å².